The van der Waals surface area contributed by atoms with Crippen molar-refractivity contribution < 1.29 is 24.3 Å². The minimum Gasteiger partial charge on any atom is -0.481 e. The lowest BCUT2D eigenvalue weighted by Gasteiger charge is -2.22. The Hall–Kier alpha value is -3.29. The summed E-state index contributed by atoms with van der Waals surface area (Å²) in [5, 5.41) is 15.3. The fourth-order valence-corrected chi connectivity index (χ4v) is 3.40. The van der Waals surface area contributed by atoms with Crippen molar-refractivity contribution in [1.29, 1.82) is 0 Å². The summed E-state index contributed by atoms with van der Waals surface area (Å²) >= 11 is 0. The maximum absolute atomic E-state index is 12.6. The molecule has 0 saturated heterocycles. The summed E-state index contributed by atoms with van der Waals surface area (Å²) in [5.74, 6) is -3.17. The number of nitrogens with zero attached hydrogens (tertiary/aromatic N) is 1. The first kappa shape index (κ1) is 25.0. The summed E-state index contributed by atoms with van der Waals surface area (Å²) in [6, 6.07) is 10.8. The number of benzene rings is 1. The second-order valence-corrected chi connectivity index (χ2v) is 8.27. The molecule has 0 saturated carbocycles. The van der Waals surface area contributed by atoms with Crippen LogP contribution in [0.1, 0.15) is 45.7 Å². The molecule has 0 bridgehead atoms. The molecule has 0 aliphatic rings. The third-order valence-electron chi connectivity index (χ3n) is 5.32. The number of nitrogens with one attached hydrogen (secondary N) is 2. The Morgan fingerprint density at radius 2 is 1.75 bits per heavy atom. The number of carbonyl (C=O) groups is 4. The largest absolute Gasteiger partial charge is 0.481 e. The summed E-state index contributed by atoms with van der Waals surface area (Å²) in [6.45, 7) is 5.30. The van der Waals surface area contributed by atoms with Crippen LogP contribution in [0.4, 0.5) is 0 Å². The Bertz CT molecular complexity index is 973. The van der Waals surface area contributed by atoms with E-state index in [0.29, 0.717) is 19.4 Å². The fraction of sp³-hybridized carbons (Fsp3) is 0.458. The topological polar surface area (TPSA) is 125 Å². The van der Waals surface area contributed by atoms with Crippen molar-refractivity contribution in [2.45, 2.75) is 52.5 Å². The normalized spacial score (nSPS) is 12.9. The van der Waals surface area contributed by atoms with Crippen LogP contribution in [0.3, 0.4) is 0 Å². The molecule has 8 heteroatoms. The predicted molar refractivity (Wildman–Crippen MR) is 121 cm³/mol. The van der Waals surface area contributed by atoms with Crippen LogP contribution >= 0.6 is 0 Å². The number of aromatic nitrogens is 1. The molecule has 3 N–H and O–H groups in total. The van der Waals surface area contributed by atoms with Crippen molar-refractivity contribution in [3.05, 3.63) is 42.1 Å². The van der Waals surface area contributed by atoms with E-state index in [1.165, 1.54) is 6.92 Å². The molecule has 32 heavy (non-hydrogen) atoms. The van der Waals surface area contributed by atoms with Crippen LogP contribution in [0.5, 0.6) is 0 Å². The summed E-state index contributed by atoms with van der Waals surface area (Å²) in [4.78, 5) is 52.1. The molecule has 0 aliphatic carbocycles. The number of Topliss-reactive ketones (excluding diaryl/α,β-unsaturated/α-hetero) is 1. The number of ketones is 1. The molecule has 2 amide bonds. The molecule has 0 spiro atoms. The summed E-state index contributed by atoms with van der Waals surface area (Å²) < 4.78 is 0. The first-order chi connectivity index (χ1) is 15.2. The van der Waals surface area contributed by atoms with Crippen molar-refractivity contribution in [1.82, 2.24) is 15.6 Å². The van der Waals surface area contributed by atoms with Gasteiger partial charge < -0.3 is 15.7 Å². The van der Waals surface area contributed by atoms with E-state index in [2.05, 4.69) is 15.6 Å². The maximum Gasteiger partial charge on any atom is 0.305 e. The molecule has 2 rings (SSSR count). The van der Waals surface area contributed by atoms with Gasteiger partial charge in [0.25, 0.3) is 0 Å². The van der Waals surface area contributed by atoms with Crippen molar-refractivity contribution in [3.63, 3.8) is 0 Å². The van der Waals surface area contributed by atoms with Crippen LogP contribution in [-0.2, 0) is 25.6 Å². The van der Waals surface area contributed by atoms with E-state index >= 15 is 0 Å². The molecule has 2 aromatic rings. The highest BCUT2D eigenvalue weighted by Crippen LogP contribution is 2.17. The molecule has 1 heterocycles. The van der Waals surface area contributed by atoms with E-state index in [1.54, 1.807) is 0 Å². The molecule has 0 radical (unpaired) electrons. The molecule has 2 atom stereocenters. The van der Waals surface area contributed by atoms with Gasteiger partial charge in [-0.1, -0.05) is 38.1 Å². The van der Waals surface area contributed by atoms with Gasteiger partial charge in [-0.2, -0.15) is 0 Å². The number of rotatable bonds is 12. The maximum atomic E-state index is 12.6. The average Bonchev–Trinajstić information content (AvgIpc) is 2.73. The van der Waals surface area contributed by atoms with Crippen molar-refractivity contribution >= 4 is 34.5 Å². The van der Waals surface area contributed by atoms with Gasteiger partial charge >= 0.3 is 5.97 Å². The van der Waals surface area contributed by atoms with E-state index in [9.17, 15) is 19.2 Å². The van der Waals surface area contributed by atoms with E-state index < -0.39 is 36.0 Å². The minimum absolute atomic E-state index is 0.0323. The van der Waals surface area contributed by atoms with Gasteiger partial charge in [0.15, 0.2) is 5.78 Å². The molecule has 2 unspecified atom stereocenters. The molecular formula is C24H31N3O5. The van der Waals surface area contributed by atoms with Crippen LogP contribution < -0.4 is 10.6 Å². The number of aryl methyl sites for hydroxylation is 1. The molecular weight excluding hydrogens is 410 g/mol. The third-order valence-corrected chi connectivity index (χ3v) is 5.32. The second kappa shape index (κ2) is 11.9. The van der Waals surface area contributed by atoms with Crippen LogP contribution in [-0.4, -0.2) is 46.2 Å². The zero-order valence-corrected chi connectivity index (χ0v) is 18.8. The number of pyridine rings is 1. The Labute approximate surface area is 187 Å². The van der Waals surface area contributed by atoms with Crippen LogP contribution in [0.25, 0.3) is 10.9 Å². The lowest BCUT2D eigenvalue weighted by molar-refractivity contribution is -0.140. The zero-order valence-electron chi connectivity index (χ0n) is 18.8. The average molecular weight is 442 g/mol. The van der Waals surface area contributed by atoms with E-state index in [-0.39, 0.29) is 18.2 Å². The molecule has 1 aromatic heterocycles. The number of carboxylic acids is 1. The number of carbonyl (C=O) groups excluding carboxylic acids is 3. The van der Waals surface area contributed by atoms with Crippen molar-refractivity contribution in [2.24, 2.45) is 11.8 Å². The third kappa shape index (κ3) is 7.76. The molecule has 0 fully saturated rings. The lowest BCUT2D eigenvalue weighted by atomic mass is 9.90. The van der Waals surface area contributed by atoms with Crippen LogP contribution in [0.2, 0.25) is 0 Å². The van der Waals surface area contributed by atoms with E-state index in [1.807, 2.05) is 50.2 Å². The number of aliphatic carboxylic acids is 1. The Balaban J connectivity index is 1.83. The Morgan fingerprint density at radius 1 is 1.03 bits per heavy atom. The minimum atomic E-state index is -1.18. The summed E-state index contributed by atoms with van der Waals surface area (Å²) in [5.41, 5.74) is 1.89. The standard InChI is InChI=1S/C24H31N3O5/c1-15(2)19(24(32)27-21(16(3)28)14-23(30)31)13-22(29)25-12-6-8-18-11-10-17-7-4-5-9-20(17)26-18/h4-5,7,9-11,15,19,21H,6,8,12-14H2,1-3H3,(H,25,29)(H,27,32)(H,30,31). The summed E-state index contributed by atoms with van der Waals surface area (Å²) in [7, 11) is 0. The van der Waals surface area contributed by atoms with Gasteiger partial charge in [-0.15, -0.1) is 0 Å². The van der Waals surface area contributed by atoms with Crippen LogP contribution in [0.15, 0.2) is 36.4 Å². The number of carboxylic acid groups (broad SMARTS) is 1. The van der Waals surface area contributed by atoms with Gasteiger partial charge in [-0.3, -0.25) is 24.2 Å². The fourth-order valence-electron chi connectivity index (χ4n) is 3.40. The Morgan fingerprint density at radius 3 is 2.41 bits per heavy atom. The first-order valence-corrected chi connectivity index (χ1v) is 10.8. The zero-order chi connectivity index (χ0) is 23.7. The summed E-state index contributed by atoms with van der Waals surface area (Å²) in [6.07, 6.45) is 0.908. The number of fused-ring (bicyclic) bond motifs is 1. The van der Waals surface area contributed by atoms with Crippen molar-refractivity contribution in [2.75, 3.05) is 6.54 Å². The molecule has 0 aliphatic heterocycles. The number of hydrogen-bond acceptors (Lipinski definition) is 5. The van der Waals surface area contributed by atoms with Crippen LogP contribution in [0, 0.1) is 11.8 Å². The lowest BCUT2D eigenvalue weighted by Crippen LogP contribution is -2.46. The molecule has 172 valence electrons. The van der Waals surface area contributed by atoms with E-state index in [4.69, 9.17) is 5.11 Å². The van der Waals surface area contributed by atoms with E-state index in [0.717, 1.165) is 16.6 Å². The molecule has 8 nitrogen and oxygen atoms in total. The smallest absolute Gasteiger partial charge is 0.305 e. The highest BCUT2D eigenvalue weighted by atomic mass is 16.4. The predicted octanol–water partition coefficient (Wildman–Crippen LogP) is 2.49. The van der Waals surface area contributed by atoms with Gasteiger partial charge in [0.1, 0.15) is 0 Å². The monoisotopic (exact) mass is 441 g/mol. The highest BCUT2D eigenvalue weighted by Gasteiger charge is 2.29. The Kier molecular flexibility index (Phi) is 9.31. The van der Waals surface area contributed by atoms with Gasteiger partial charge in [-0.25, -0.2) is 0 Å². The first-order valence-electron chi connectivity index (χ1n) is 10.8. The second-order valence-electron chi connectivity index (χ2n) is 8.27. The SMILES string of the molecule is CC(=O)C(CC(=O)O)NC(=O)C(CC(=O)NCCCc1ccc2ccccc2n1)C(C)C. The quantitative estimate of drug-likeness (QED) is 0.435. The van der Waals surface area contributed by atoms with Gasteiger partial charge in [0, 0.05) is 30.0 Å². The number of amides is 2. The molecule has 1 aromatic carbocycles. The number of para-hydroxylation sites is 1. The van der Waals surface area contributed by atoms with Crippen molar-refractivity contribution in [3.8, 4) is 0 Å². The van der Waals surface area contributed by atoms with Gasteiger partial charge in [0.2, 0.25) is 11.8 Å². The highest BCUT2D eigenvalue weighted by molar-refractivity contribution is 5.92. The number of hydrogen-bond donors (Lipinski definition) is 3. The van der Waals surface area contributed by atoms with Gasteiger partial charge in [-0.05, 0) is 37.8 Å². The van der Waals surface area contributed by atoms with Gasteiger partial charge in [0.05, 0.1) is 18.0 Å².